The molecule has 0 aromatic heterocycles. The summed E-state index contributed by atoms with van der Waals surface area (Å²) in [6, 6.07) is 6.35. The van der Waals surface area contributed by atoms with E-state index in [1.54, 1.807) is 24.1 Å². The number of methoxy groups -OCH3 is 1. The van der Waals surface area contributed by atoms with Gasteiger partial charge in [-0.05, 0) is 18.2 Å². The van der Waals surface area contributed by atoms with Gasteiger partial charge in [0.15, 0.2) is 0 Å². The second-order valence-corrected chi connectivity index (χ2v) is 5.19. The van der Waals surface area contributed by atoms with Crippen LogP contribution in [-0.4, -0.2) is 63.9 Å². The van der Waals surface area contributed by atoms with Gasteiger partial charge in [0.25, 0.3) is 0 Å². The SMILES string of the molecule is COCCOCC(=O)N1CCN(c2ccc(C#N)cc2F)CC1. The summed E-state index contributed by atoms with van der Waals surface area (Å²) >= 11 is 0. The third-order valence-electron chi connectivity index (χ3n) is 3.71. The maximum absolute atomic E-state index is 14.0. The highest BCUT2D eigenvalue weighted by Gasteiger charge is 2.22. The summed E-state index contributed by atoms with van der Waals surface area (Å²) in [5, 5.41) is 8.77. The summed E-state index contributed by atoms with van der Waals surface area (Å²) in [6.07, 6.45) is 0. The lowest BCUT2D eigenvalue weighted by molar-refractivity contribution is -0.136. The van der Waals surface area contributed by atoms with Crippen LogP contribution in [0.3, 0.4) is 0 Å². The van der Waals surface area contributed by atoms with E-state index in [1.807, 2.05) is 11.0 Å². The summed E-state index contributed by atoms with van der Waals surface area (Å²) in [6.45, 7) is 3.02. The number of hydrogen-bond acceptors (Lipinski definition) is 5. The number of anilines is 1. The van der Waals surface area contributed by atoms with Gasteiger partial charge in [-0.3, -0.25) is 4.79 Å². The highest BCUT2D eigenvalue weighted by molar-refractivity contribution is 5.77. The van der Waals surface area contributed by atoms with Gasteiger partial charge in [-0.25, -0.2) is 4.39 Å². The minimum atomic E-state index is -0.410. The molecule has 0 unspecified atom stereocenters. The van der Waals surface area contributed by atoms with Crippen LogP contribution in [0.25, 0.3) is 0 Å². The van der Waals surface area contributed by atoms with Crippen LogP contribution in [0.15, 0.2) is 18.2 Å². The van der Waals surface area contributed by atoms with E-state index < -0.39 is 5.82 Å². The number of nitriles is 1. The molecule has 0 atom stereocenters. The zero-order valence-electron chi connectivity index (χ0n) is 13.1. The molecule has 0 spiro atoms. The van der Waals surface area contributed by atoms with E-state index in [4.69, 9.17) is 14.7 Å². The predicted molar refractivity (Wildman–Crippen MR) is 82.6 cm³/mol. The van der Waals surface area contributed by atoms with Crippen LogP contribution in [0, 0.1) is 17.1 Å². The first-order chi connectivity index (χ1) is 11.2. The van der Waals surface area contributed by atoms with Crippen LogP contribution in [0.5, 0.6) is 0 Å². The van der Waals surface area contributed by atoms with Gasteiger partial charge in [-0.2, -0.15) is 5.26 Å². The van der Waals surface area contributed by atoms with Gasteiger partial charge in [0, 0.05) is 33.3 Å². The number of amides is 1. The molecule has 1 aromatic carbocycles. The Balaban J connectivity index is 1.84. The Morgan fingerprint density at radius 2 is 2.04 bits per heavy atom. The third kappa shape index (κ3) is 4.65. The molecule has 23 heavy (non-hydrogen) atoms. The van der Waals surface area contributed by atoms with Crippen molar-refractivity contribution in [1.82, 2.24) is 4.90 Å². The van der Waals surface area contributed by atoms with E-state index >= 15 is 0 Å². The number of nitrogens with zero attached hydrogens (tertiary/aromatic N) is 3. The van der Waals surface area contributed by atoms with Gasteiger partial charge < -0.3 is 19.3 Å². The molecule has 1 aliphatic heterocycles. The average molecular weight is 321 g/mol. The average Bonchev–Trinajstić information content (AvgIpc) is 2.58. The molecule has 1 saturated heterocycles. The molecular formula is C16H20FN3O3. The predicted octanol–water partition coefficient (Wildman–Crippen LogP) is 1.01. The molecule has 0 bridgehead atoms. The molecule has 1 aliphatic rings. The molecule has 0 saturated carbocycles. The first kappa shape index (κ1) is 17.2. The summed E-state index contributed by atoms with van der Waals surface area (Å²) < 4.78 is 24.1. The van der Waals surface area contributed by atoms with Crippen LogP contribution in [0.4, 0.5) is 10.1 Å². The van der Waals surface area contributed by atoms with Gasteiger partial charge in [0.05, 0.1) is 30.5 Å². The zero-order chi connectivity index (χ0) is 16.7. The lowest BCUT2D eigenvalue weighted by Crippen LogP contribution is -2.50. The Morgan fingerprint density at radius 1 is 1.30 bits per heavy atom. The maximum atomic E-state index is 14.0. The summed E-state index contributed by atoms with van der Waals surface area (Å²) in [5.41, 5.74) is 0.765. The summed E-state index contributed by atoms with van der Waals surface area (Å²) in [5.74, 6) is -0.479. The van der Waals surface area contributed by atoms with Crippen molar-refractivity contribution in [2.24, 2.45) is 0 Å². The standard InChI is InChI=1S/C16H20FN3O3/c1-22-8-9-23-12-16(21)20-6-4-19(5-7-20)15-3-2-13(11-18)10-14(15)17/h2-3,10H,4-9,12H2,1H3. The first-order valence-corrected chi connectivity index (χ1v) is 7.44. The summed E-state index contributed by atoms with van der Waals surface area (Å²) in [4.78, 5) is 15.6. The number of piperazine rings is 1. The van der Waals surface area contributed by atoms with Crippen molar-refractivity contribution < 1.29 is 18.7 Å². The Hall–Kier alpha value is -2.17. The monoisotopic (exact) mass is 321 g/mol. The number of ether oxygens (including phenoxy) is 2. The van der Waals surface area contributed by atoms with E-state index in [9.17, 15) is 9.18 Å². The number of halogens is 1. The molecule has 1 heterocycles. The molecule has 0 N–H and O–H groups in total. The molecule has 124 valence electrons. The zero-order valence-corrected chi connectivity index (χ0v) is 13.1. The highest BCUT2D eigenvalue weighted by Crippen LogP contribution is 2.21. The molecule has 0 radical (unpaired) electrons. The van der Waals surface area contributed by atoms with E-state index in [1.165, 1.54) is 6.07 Å². The maximum Gasteiger partial charge on any atom is 0.248 e. The van der Waals surface area contributed by atoms with Crippen LogP contribution < -0.4 is 4.90 Å². The minimum Gasteiger partial charge on any atom is -0.382 e. The number of benzene rings is 1. The van der Waals surface area contributed by atoms with Crippen LogP contribution in [0.1, 0.15) is 5.56 Å². The topological polar surface area (TPSA) is 65.8 Å². The van der Waals surface area contributed by atoms with Gasteiger partial charge in [-0.1, -0.05) is 0 Å². The van der Waals surface area contributed by atoms with Crippen molar-refractivity contribution in [3.63, 3.8) is 0 Å². The van der Waals surface area contributed by atoms with Crippen molar-refractivity contribution in [2.75, 3.05) is 58.0 Å². The number of carbonyl (C=O) groups is 1. The quantitative estimate of drug-likeness (QED) is 0.732. The first-order valence-electron chi connectivity index (χ1n) is 7.44. The van der Waals surface area contributed by atoms with Crippen molar-refractivity contribution in [1.29, 1.82) is 5.26 Å². The van der Waals surface area contributed by atoms with E-state index in [2.05, 4.69) is 0 Å². The van der Waals surface area contributed by atoms with Gasteiger partial charge in [0.1, 0.15) is 12.4 Å². The van der Waals surface area contributed by atoms with Crippen molar-refractivity contribution in [3.8, 4) is 6.07 Å². The fourth-order valence-electron chi connectivity index (χ4n) is 2.42. The number of carbonyl (C=O) groups excluding carboxylic acids is 1. The Kier molecular flexibility index (Phi) is 6.32. The summed E-state index contributed by atoms with van der Waals surface area (Å²) in [7, 11) is 1.58. The fourth-order valence-corrected chi connectivity index (χ4v) is 2.42. The molecule has 1 aromatic rings. The number of hydrogen-bond donors (Lipinski definition) is 0. The van der Waals surface area contributed by atoms with E-state index in [-0.39, 0.29) is 12.5 Å². The molecule has 1 fully saturated rings. The molecular weight excluding hydrogens is 301 g/mol. The lowest BCUT2D eigenvalue weighted by Gasteiger charge is -2.36. The molecule has 2 rings (SSSR count). The second kappa shape index (κ2) is 8.46. The third-order valence-corrected chi connectivity index (χ3v) is 3.71. The van der Waals surface area contributed by atoms with Gasteiger partial charge >= 0.3 is 0 Å². The largest absolute Gasteiger partial charge is 0.382 e. The Labute approximate surface area is 135 Å². The Bertz CT molecular complexity index is 580. The molecule has 6 nitrogen and oxygen atoms in total. The van der Waals surface area contributed by atoms with Crippen LogP contribution in [-0.2, 0) is 14.3 Å². The van der Waals surface area contributed by atoms with Crippen molar-refractivity contribution in [2.45, 2.75) is 0 Å². The van der Waals surface area contributed by atoms with Gasteiger partial charge in [0.2, 0.25) is 5.91 Å². The fraction of sp³-hybridized carbons (Fsp3) is 0.500. The van der Waals surface area contributed by atoms with E-state index in [0.717, 1.165) is 0 Å². The normalized spacial score (nSPS) is 14.7. The van der Waals surface area contributed by atoms with Crippen LogP contribution in [0.2, 0.25) is 0 Å². The van der Waals surface area contributed by atoms with Gasteiger partial charge in [-0.15, -0.1) is 0 Å². The molecule has 0 aliphatic carbocycles. The molecule has 7 heteroatoms. The van der Waals surface area contributed by atoms with E-state index in [0.29, 0.717) is 50.6 Å². The number of rotatable bonds is 6. The Morgan fingerprint density at radius 3 is 2.65 bits per heavy atom. The van der Waals surface area contributed by atoms with Crippen molar-refractivity contribution in [3.05, 3.63) is 29.6 Å². The highest BCUT2D eigenvalue weighted by atomic mass is 19.1. The smallest absolute Gasteiger partial charge is 0.248 e. The van der Waals surface area contributed by atoms with Crippen molar-refractivity contribution >= 4 is 11.6 Å². The van der Waals surface area contributed by atoms with Crippen LogP contribution >= 0.6 is 0 Å². The minimum absolute atomic E-state index is 0.0363. The lowest BCUT2D eigenvalue weighted by atomic mass is 10.2. The molecule has 1 amide bonds. The second-order valence-electron chi connectivity index (χ2n) is 5.19.